The van der Waals surface area contributed by atoms with Crippen molar-refractivity contribution in [1.29, 1.82) is 0 Å². The highest BCUT2D eigenvalue weighted by molar-refractivity contribution is 9.10. The summed E-state index contributed by atoms with van der Waals surface area (Å²) in [5, 5.41) is 3.14. The largest absolute Gasteiger partial charge is 0.493 e. The Morgan fingerprint density at radius 3 is 2.84 bits per heavy atom. The molecule has 2 aliphatic heterocycles. The van der Waals surface area contributed by atoms with Crippen molar-refractivity contribution in [2.24, 2.45) is 0 Å². The van der Waals surface area contributed by atoms with Crippen LogP contribution < -0.4 is 19.7 Å². The monoisotopic (exact) mass is 402 g/mol. The Hall–Kier alpha value is -2.21. The van der Waals surface area contributed by atoms with Gasteiger partial charge in [-0.05, 0) is 58.1 Å². The van der Waals surface area contributed by atoms with E-state index in [1.54, 1.807) is 14.2 Å². The van der Waals surface area contributed by atoms with Crippen LogP contribution in [-0.4, -0.2) is 26.7 Å². The number of amides is 1. The highest BCUT2D eigenvalue weighted by atomic mass is 79.9. The maximum absolute atomic E-state index is 12.7. The van der Waals surface area contributed by atoms with Gasteiger partial charge in [0.25, 0.3) is 5.91 Å². The highest BCUT2D eigenvalue weighted by Gasteiger charge is 2.35. The third kappa shape index (κ3) is 2.56. The Morgan fingerprint density at radius 1 is 1.24 bits per heavy atom. The quantitative estimate of drug-likeness (QED) is 0.850. The average Bonchev–Trinajstić information content (AvgIpc) is 2.63. The molecule has 0 aromatic heterocycles. The van der Waals surface area contributed by atoms with Crippen LogP contribution in [0.4, 0.5) is 5.69 Å². The summed E-state index contributed by atoms with van der Waals surface area (Å²) in [5.74, 6) is 1.25. The molecule has 2 heterocycles. The second kappa shape index (κ2) is 6.26. The van der Waals surface area contributed by atoms with E-state index in [0.29, 0.717) is 11.5 Å². The van der Waals surface area contributed by atoms with Crippen molar-refractivity contribution in [3.05, 3.63) is 51.5 Å². The van der Waals surface area contributed by atoms with Crippen LogP contribution in [0.15, 0.2) is 34.8 Å². The van der Waals surface area contributed by atoms with E-state index in [1.165, 1.54) is 5.56 Å². The number of ether oxygens (including phenoxy) is 2. The zero-order chi connectivity index (χ0) is 17.6. The lowest BCUT2D eigenvalue weighted by molar-refractivity contribution is 0.0925. The van der Waals surface area contributed by atoms with Crippen LogP contribution in [0.1, 0.15) is 34.1 Å². The van der Waals surface area contributed by atoms with Gasteiger partial charge < -0.3 is 19.7 Å². The number of halogens is 1. The first-order chi connectivity index (χ1) is 12.1. The lowest BCUT2D eigenvalue weighted by Crippen LogP contribution is -2.48. The van der Waals surface area contributed by atoms with E-state index in [0.717, 1.165) is 40.7 Å². The minimum absolute atomic E-state index is 0.0362. The van der Waals surface area contributed by atoms with Gasteiger partial charge in [0.05, 0.1) is 29.9 Å². The van der Waals surface area contributed by atoms with Gasteiger partial charge in [0.15, 0.2) is 11.5 Å². The normalized spacial score (nSPS) is 18.4. The molecule has 0 saturated carbocycles. The molecule has 0 unspecified atom stereocenters. The number of para-hydroxylation sites is 1. The number of nitrogens with zero attached hydrogens (tertiary/aromatic N) is 1. The van der Waals surface area contributed by atoms with Crippen molar-refractivity contribution < 1.29 is 14.3 Å². The van der Waals surface area contributed by atoms with Gasteiger partial charge in [-0.3, -0.25) is 4.79 Å². The summed E-state index contributed by atoms with van der Waals surface area (Å²) in [6.45, 7) is 0.904. The number of hydrogen-bond acceptors (Lipinski definition) is 4. The summed E-state index contributed by atoms with van der Waals surface area (Å²) in [4.78, 5) is 14.9. The SMILES string of the molecule is COc1cc([C@H]2NC(=O)c3cccc4c3N2CCC4)cc(Br)c1OC. The summed E-state index contributed by atoms with van der Waals surface area (Å²) in [6.07, 6.45) is 1.85. The molecule has 0 bridgehead atoms. The molecule has 1 amide bonds. The molecule has 5 nitrogen and oxygen atoms in total. The first kappa shape index (κ1) is 16.3. The third-order valence-corrected chi connectivity index (χ3v) is 5.44. The molecule has 0 fully saturated rings. The minimum Gasteiger partial charge on any atom is -0.493 e. The van der Waals surface area contributed by atoms with Gasteiger partial charge in [0.2, 0.25) is 0 Å². The maximum Gasteiger partial charge on any atom is 0.255 e. The zero-order valence-electron chi connectivity index (χ0n) is 14.1. The molecule has 2 aromatic rings. The summed E-state index contributed by atoms with van der Waals surface area (Å²) < 4.78 is 11.7. The summed E-state index contributed by atoms with van der Waals surface area (Å²) in [6, 6.07) is 9.88. The Balaban J connectivity index is 1.84. The molecular weight excluding hydrogens is 384 g/mol. The van der Waals surface area contributed by atoms with Crippen molar-refractivity contribution in [2.45, 2.75) is 19.0 Å². The van der Waals surface area contributed by atoms with Crippen LogP contribution in [0, 0.1) is 0 Å². The van der Waals surface area contributed by atoms with Crippen LogP contribution >= 0.6 is 15.9 Å². The van der Waals surface area contributed by atoms with Crippen molar-refractivity contribution in [1.82, 2.24) is 5.32 Å². The van der Waals surface area contributed by atoms with E-state index in [2.05, 4.69) is 32.2 Å². The molecule has 2 aliphatic rings. The van der Waals surface area contributed by atoms with Crippen LogP contribution in [0.5, 0.6) is 11.5 Å². The number of benzene rings is 2. The van der Waals surface area contributed by atoms with E-state index < -0.39 is 0 Å². The molecule has 130 valence electrons. The fourth-order valence-corrected chi connectivity index (χ4v) is 4.39. The lowest BCUT2D eigenvalue weighted by atomic mass is 9.93. The molecule has 0 saturated heterocycles. The predicted molar refractivity (Wildman–Crippen MR) is 99.6 cm³/mol. The molecular formula is C19H19BrN2O3. The second-order valence-electron chi connectivity index (χ2n) is 6.22. The van der Waals surface area contributed by atoms with Crippen molar-refractivity contribution in [3.63, 3.8) is 0 Å². The van der Waals surface area contributed by atoms with E-state index >= 15 is 0 Å². The third-order valence-electron chi connectivity index (χ3n) is 4.85. The van der Waals surface area contributed by atoms with Crippen LogP contribution in [0.25, 0.3) is 0 Å². The Labute approximate surface area is 155 Å². The number of anilines is 1. The molecule has 0 aliphatic carbocycles. The average molecular weight is 403 g/mol. The van der Waals surface area contributed by atoms with Gasteiger partial charge in [0, 0.05) is 6.54 Å². The van der Waals surface area contributed by atoms with Gasteiger partial charge in [-0.2, -0.15) is 0 Å². The molecule has 4 rings (SSSR count). The van der Waals surface area contributed by atoms with E-state index in [9.17, 15) is 4.79 Å². The molecule has 6 heteroatoms. The molecule has 1 atom stereocenters. The highest BCUT2D eigenvalue weighted by Crippen LogP contribution is 2.43. The fourth-order valence-electron chi connectivity index (χ4n) is 3.76. The Morgan fingerprint density at radius 2 is 2.08 bits per heavy atom. The standard InChI is InChI=1S/C19H19BrN2O3/c1-24-15-10-12(9-14(20)17(15)25-2)18-21-19(23)13-7-3-5-11-6-4-8-22(18)16(11)13/h3,5,7,9-10,18H,4,6,8H2,1-2H3,(H,21,23)/t18-/m0/s1. The second-order valence-corrected chi connectivity index (χ2v) is 7.08. The molecule has 0 spiro atoms. The Bertz CT molecular complexity index is 853. The zero-order valence-corrected chi connectivity index (χ0v) is 15.7. The smallest absolute Gasteiger partial charge is 0.255 e. The number of aryl methyl sites for hydroxylation is 1. The van der Waals surface area contributed by atoms with Crippen molar-refractivity contribution in [2.75, 3.05) is 25.7 Å². The van der Waals surface area contributed by atoms with Gasteiger partial charge in [-0.15, -0.1) is 0 Å². The van der Waals surface area contributed by atoms with Crippen LogP contribution in [0.3, 0.4) is 0 Å². The topological polar surface area (TPSA) is 50.8 Å². The number of nitrogens with one attached hydrogen (secondary N) is 1. The maximum atomic E-state index is 12.7. The number of hydrogen-bond donors (Lipinski definition) is 1. The first-order valence-corrected chi connectivity index (χ1v) is 9.04. The first-order valence-electron chi connectivity index (χ1n) is 8.25. The Kier molecular flexibility index (Phi) is 4.07. The van der Waals surface area contributed by atoms with Gasteiger partial charge in [-0.25, -0.2) is 0 Å². The van der Waals surface area contributed by atoms with Crippen LogP contribution in [-0.2, 0) is 6.42 Å². The molecule has 2 aromatic carbocycles. The minimum atomic E-state index is -0.224. The van der Waals surface area contributed by atoms with Crippen molar-refractivity contribution >= 4 is 27.5 Å². The lowest BCUT2D eigenvalue weighted by Gasteiger charge is -2.43. The summed E-state index contributed by atoms with van der Waals surface area (Å²) in [7, 11) is 3.22. The van der Waals surface area contributed by atoms with Crippen LogP contribution in [0.2, 0.25) is 0 Å². The summed E-state index contributed by atoms with van der Waals surface area (Å²) >= 11 is 3.55. The number of methoxy groups -OCH3 is 2. The van der Waals surface area contributed by atoms with Gasteiger partial charge in [-0.1, -0.05) is 12.1 Å². The fraction of sp³-hybridized carbons (Fsp3) is 0.316. The number of carbonyl (C=O) groups excluding carboxylic acids is 1. The molecule has 25 heavy (non-hydrogen) atoms. The number of rotatable bonds is 3. The number of carbonyl (C=O) groups is 1. The molecule has 1 N–H and O–H groups in total. The van der Waals surface area contributed by atoms with E-state index in [4.69, 9.17) is 9.47 Å². The summed E-state index contributed by atoms with van der Waals surface area (Å²) in [5.41, 5.74) is 4.02. The van der Waals surface area contributed by atoms with Crippen molar-refractivity contribution in [3.8, 4) is 11.5 Å². The predicted octanol–water partition coefficient (Wildman–Crippen LogP) is 3.66. The van der Waals surface area contributed by atoms with Gasteiger partial charge >= 0.3 is 0 Å². The van der Waals surface area contributed by atoms with E-state index in [-0.39, 0.29) is 12.1 Å². The van der Waals surface area contributed by atoms with E-state index in [1.807, 2.05) is 24.3 Å². The van der Waals surface area contributed by atoms with Gasteiger partial charge in [0.1, 0.15) is 6.17 Å². The molecule has 0 radical (unpaired) electrons.